The van der Waals surface area contributed by atoms with Crippen molar-refractivity contribution in [3.05, 3.63) is 83.9 Å². The highest BCUT2D eigenvalue weighted by atomic mass is 16.8. The van der Waals surface area contributed by atoms with Gasteiger partial charge >= 0.3 is 0 Å². The van der Waals surface area contributed by atoms with Gasteiger partial charge in [0.1, 0.15) is 11.9 Å². The van der Waals surface area contributed by atoms with E-state index in [-0.39, 0.29) is 65.7 Å². The molecule has 11 nitrogen and oxygen atoms in total. The van der Waals surface area contributed by atoms with E-state index in [0.717, 1.165) is 24.0 Å². The van der Waals surface area contributed by atoms with Crippen molar-refractivity contribution in [2.24, 2.45) is 41.4 Å². The Kier molecular flexibility index (Phi) is 16.4. The molecule has 3 N–H and O–H groups in total. The summed E-state index contributed by atoms with van der Waals surface area (Å²) < 4.78 is 34.3. The molecule has 4 fully saturated rings. The van der Waals surface area contributed by atoms with E-state index >= 15 is 0 Å². The summed E-state index contributed by atoms with van der Waals surface area (Å²) in [5, 5.41) is 34.9. The molecule has 0 bridgehead atoms. The molecule has 2 spiro atoms. The first-order valence-corrected chi connectivity index (χ1v) is 25.9. The topological polar surface area (TPSA) is 144 Å². The fraction of sp³-hybridized carbons (Fsp3) is 0.714. The van der Waals surface area contributed by atoms with Gasteiger partial charge in [-0.2, -0.15) is 0 Å². The van der Waals surface area contributed by atoms with Crippen molar-refractivity contribution in [1.82, 2.24) is 4.90 Å². The van der Waals surface area contributed by atoms with Gasteiger partial charge in [0.15, 0.2) is 5.79 Å². The molecule has 372 valence electrons. The molecular formula is C56H83NO10. The first-order chi connectivity index (χ1) is 31.8. The van der Waals surface area contributed by atoms with Crippen LogP contribution in [0.15, 0.2) is 72.8 Å². The van der Waals surface area contributed by atoms with E-state index in [9.17, 15) is 24.9 Å². The molecule has 67 heavy (non-hydrogen) atoms. The lowest BCUT2D eigenvalue weighted by molar-refractivity contribution is -0.409. The normalized spacial score (nSPS) is 38.9. The number of ketones is 1. The second-order valence-electron chi connectivity index (χ2n) is 21.7. The van der Waals surface area contributed by atoms with Gasteiger partial charge < -0.3 is 43.9 Å². The minimum atomic E-state index is -1.38. The van der Waals surface area contributed by atoms with E-state index < -0.39 is 52.9 Å². The van der Waals surface area contributed by atoms with Gasteiger partial charge in [-0.05, 0) is 107 Å². The van der Waals surface area contributed by atoms with Gasteiger partial charge in [0.05, 0.1) is 53.7 Å². The van der Waals surface area contributed by atoms with Crippen molar-refractivity contribution in [1.29, 1.82) is 0 Å². The molecule has 0 saturated carbocycles. The zero-order valence-corrected chi connectivity index (χ0v) is 42.1. The van der Waals surface area contributed by atoms with E-state index in [2.05, 4.69) is 52.0 Å². The van der Waals surface area contributed by atoms with E-state index in [1.54, 1.807) is 6.08 Å². The molecule has 5 heterocycles. The van der Waals surface area contributed by atoms with Crippen LogP contribution in [0.4, 0.5) is 0 Å². The number of hydrogen-bond acceptors (Lipinski definition) is 10. The number of aliphatic hydroxyl groups is 3. The Morgan fingerprint density at radius 3 is 2.00 bits per heavy atom. The predicted molar refractivity (Wildman–Crippen MR) is 258 cm³/mol. The summed E-state index contributed by atoms with van der Waals surface area (Å²) in [6, 6.07) is 20.2. The Morgan fingerprint density at radius 1 is 0.791 bits per heavy atom. The summed E-state index contributed by atoms with van der Waals surface area (Å²) in [5.74, 6) is -4.59. The molecule has 0 radical (unpaired) electrons. The largest absolute Gasteiger partial charge is 0.392 e. The maximum absolute atomic E-state index is 14.8. The summed E-state index contributed by atoms with van der Waals surface area (Å²) in [4.78, 5) is 31.4. The van der Waals surface area contributed by atoms with Gasteiger partial charge in [0, 0.05) is 43.2 Å². The molecule has 4 saturated heterocycles. The van der Waals surface area contributed by atoms with Crippen LogP contribution in [0.1, 0.15) is 145 Å². The second-order valence-corrected chi connectivity index (χ2v) is 21.7. The molecular weight excluding hydrogens is 847 g/mol. The molecule has 5 aliphatic heterocycles. The van der Waals surface area contributed by atoms with Crippen LogP contribution >= 0.6 is 0 Å². The third-order valence-electron chi connectivity index (χ3n) is 17.2. The predicted octanol–water partition coefficient (Wildman–Crippen LogP) is 9.33. The van der Waals surface area contributed by atoms with Gasteiger partial charge in [-0.3, -0.25) is 9.59 Å². The van der Waals surface area contributed by atoms with Crippen LogP contribution in [0.5, 0.6) is 0 Å². The summed E-state index contributed by atoms with van der Waals surface area (Å²) in [7, 11) is 0. The molecule has 0 unspecified atom stereocenters. The lowest BCUT2D eigenvalue weighted by atomic mass is 9.72. The summed E-state index contributed by atoms with van der Waals surface area (Å²) >= 11 is 0. The number of carbonyl (C=O) groups excluding carboxylic acids is 2. The molecule has 1 amide bonds. The highest BCUT2D eigenvalue weighted by Crippen LogP contribution is 2.54. The van der Waals surface area contributed by atoms with E-state index in [1.807, 2.05) is 88.9 Å². The van der Waals surface area contributed by atoms with Crippen LogP contribution in [-0.2, 0) is 46.4 Å². The highest BCUT2D eigenvalue weighted by Gasteiger charge is 2.63. The van der Waals surface area contributed by atoms with Crippen molar-refractivity contribution < 1.29 is 48.6 Å². The highest BCUT2D eigenvalue weighted by molar-refractivity contribution is 5.84. The average Bonchev–Trinajstić information content (AvgIpc) is 3.67. The number of carbonyl (C=O) groups is 2. The summed E-state index contributed by atoms with van der Waals surface area (Å²) in [6.07, 6.45) is 5.97. The Labute approximate surface area is 401 Å². The SMILES string of the molecule is CC[C@@H](C(=O)[C@@H](C)[C@@H](O)[C@H](C)[C@@H]1O[C@@H]([C@@H](CC)C(=O)N(Cc2ccccc2)Cc2ccccc2)CC[C@@H]1C)[C@H]1O[C@]2(C=C[C@@H](O)[C@]3(CC[C@@](C)([C@H]4CC[C@](O)(CC)[C@H](C)O4)O3)O2)[C@H](C)C[C@@H]1C. The van der Waals surface area contributed by atoms with Gasteiger partial charge in [0.2, 0.25) is 11.7 Å². The number of nitrogens with zero attached hydrogens (tertiary/aromatic N) is 1. The lowest BCUT2D eigenvalue weighted by Crippen LogP contribution is -2.63. The Bertz CT molecular complexity index is 1940. The summed E-state index contributed by atoms with van der Waals surface area (Å²) in [5.41, 5.74) is 0.495. The van der Waals surface area contributed by atoms with Crippen LogP contribution in [0, 0.1) is 41.4 Å². The Morgan fingerprint density at radius 2 is 1.42 bits per heavy atom. The molecule has 2 aromatic rings. The number of Topliss-reactive ketones (excluding diaryl/α,β-unsaturated/α-hetero) is 1. The van der Waals surface area contributed by atoms with Gasteiger partial charge in [-0.25, -0.2) is 0 Å². The van der Waals surface area contributed by atoms with E-state index in [0.29, 0.717) is 64.5 Å². The quantitative estimate of drug-likeness (QED) is 0.139. The molecule has 18 atom stereocenters. The molecule has 0 aliphatic carbocycles. The van der Waals surface area contributed by atoms with Gasteiger partial charge in [0.25, 0.3) is 0 Å². The molecule has 2 aromatic carbocycles. The zero-order chi connectivity index (χ0) is 48.5. The number of amides is 1. The average molecular weight is 930 g/mol. The first-order valence-electron chi connectivity index (χ1n) is 25.9. The maximum Gasteiger partial charge on any atom is 0.228 e. The van der Waals surface area contributed by atoms with Gasteiger partial charge in [-0.15, -0.1) is 0 Å². The maximum atomic E-state index is 14.8. The third-order valence-corrected chi connectivity index (χ3v) is 17.2. The van der Waals surface area contributed by atoms with Gasteiger partial charge in [-0.1, -0.05) is 116 Å². The molecule has 0 aromatic heterocycles. The molecule has 11 heteroatoms. The zero-order valence-electron chi connectivity index (χ0n) is 42.1. The minimum absolute atomic E-state index is 0.00890. The number of ether oxygens (including phenoxy) is 5. The van der Waals surface area contributed by atoms with Crippen molar-refractivity contribution in [2.45, 2.75) is 212 Å². The first kappa shape index (κ1) is 51.8. The van der Waals surface area contributed by atoms with Crippen molar-refractivity contribution >= 4 is 11.7 Å². The number of rotatable bonds is 16. The fourth-order valence-corrected chi connectivity index (χ4v) is 12.5. The van der Waals surface area contributed by atoms with E-state index in [4.69, 9.17) is 23.7 Å². The smallest absolute Gasteiger partial charge is 0.228 e. The van der Waals surface area contributed by atoms with Crippen LogP contribution in [0.25, 0.3) is 0 Å². The monoisotopic (exact) mass is 930 g/mol. The number of benzene rings is 2. The summed E-state index contributed by atoms with van der Waals surface area (Å²) in [6.45, 7) is 21.1. The van der Waals surface area contributed by atoms with Crippen LogP contribution in [-0.4, -0.2) is 97.4 Å². The molecule has 7 rings (SSSR count). The lowest BCUT2D eigenvalue weighted by Gasteiger charge is -2.54. The van der Waals surface area contributed by atoms with Crippen LogP contribution < -0.4 is 0 Å². The van der Waals surface area contributed by atoms with Crippen molar-refractivity contribution in [2.75, 3.05) is 0 Å². The second kappa shape index (κ2) is 21.2. The number of hydrogen-bond donors (Lipinski definition) is 3. The van der Waals surface area contributed by atoms with Crippen molar-refractivity contribution in [3.8, 4) is 0 Å². The third kappa shape index (κ3) is 10.6. The van der Waals surface area contributed by atoms with Crippen LogP contribution in [0.3, 0.4) is 0 Å². The fourth-order valence-electron chi connectivity index (χ4n) is 12.5. The Hall–Kier alpha value is -3.00. The van der Waals surface area contributed by atoms with Crippen molar-refractivity contribution in [3.63, 3.8) is 0 Å². The minimum Gasteiger partial charge on any atom is -0.392 e. The number of aliphatic hydroxyl groups excluding tert-OH is 2. The Balaban J connectivity index is 1.03. The van der Waals surface area contributed by atoms with Crippen LogP contribution in [0.2, 0.25) is 0 Å². The van der Waals surface area contributed by atoms with E-state index in [1.165, 1.54) is 0 Å². The standard InChI is InChI=1S/C56H83NO10/c1-11-43(52(61)57(33-41-20-16-14-17-21-41)34-42-22-18-15-19-23-42)45-25-24-35(4)50(64-45)39(8)48(59)38(7)49(60)44(12-2)51-36(5)32-37(6)55(65-51)29-26-46(58)56(67-55)31-30-53(10,66-56)47-27-28-54(62,13-3)40(9)63-47/h14-23,26,29,35-40,43-48,50-51,58-59,62H,11-13,24-25,27-28,30-34H2,1-10H3/t35-,36-,37+,38-,39-,40-,43+,44-,45+,46+,47+,48+,50+,51-,53-,54+,55-,56-/m0/s1. The molecule has 5 aliphatic rings.